The van der Waals surface area contributed by atoms with E-state index in [1.54, 1.807) is 0 Å². The van der Waals surface area contributed by atoms with Crippen LogP contribution in [0.4, 0.5) is 4.79 Å². The first-order valence-corrected chi connectivity index (χ1v) is 5.40. The van der Waals surface area contributed by atoms with Gasteiger partial charge >= 0.3 is 6.09 Å². The predicted octanol–water partition coefficient (Wildman–Crippen LogP) is 1.80. The Kier molecular flexibility index (Phi) is 2.34. The molecule has 4 heteroatoms. The van der Waals surface area contributed by atoms with Crippen LogP contribution in [0.2, 0.25) is 0 Å². The second kappa shape index (κ2) is 3.41. The molecule has 0 aromatic rings. The third-order valence-corrected chi connectivity index (χ3v) is 3.76. The molecule has 1 unspecified atom stereocenters. The van der Waals surface area contributed by atoms with Gasteiger partial charge in [-0.25, -0.2) is 4.79 Å². The Hall–Kier alpha value is -1.24. The predicted molar refractivity (Wildman–Crippen MR) is 53.6 cm³/mol. The van der Waals surface area contributed by atoms with Crippen LogP contribution in [0, 0.1) is 29.1 Å². The number of nitrogens with two attached hydrogens (primary N) is 1. The van der Waals surface area contributed by atoms with Crippen molar-refractivity contribution in [3.05, 3.63) is 0 Å². The van der Waals surface area contributed by atoms with E-state index in [-0.39, 0.29) is 11.5 Å². The first-order valence-electron chi connectivity index (χ1n) is 5.40. The van der Waals surface area contributed by atoms with Gasteiger partial charge in [0.15, 0.2) is 0 Å². The van der Waals surface area contributed by atoms with Crippen molar-refractivity contribution in [2.24, 2.45) is 23.5 Å². The molecule has 2 aliphatic carbocycles. The van der Waals surface area contributed by atoms with Crippen LogP contribution in [0.1, 0.15) is 32.6 Å². The number of primary amides is 1. The molecule has 0 saturated heterocycles. The smallest absolute Gasteiger partial charge is 0.405 e. The zero-order valence-corrected chi connectivity index (χ0v) is 8.90. The molecule has 2 rings (SSSR count). The van der Waals surface area contributed by atoms with Gasteiger partial charge in [0.1, 0.15) is 5.60 Å². The number of hydrogen-bond donors (Lipinski definition) is 1. The number of ether oxygens (including phenoxy) is 1. The lowest BCUT2D eigenvalue weighted by Gasteiger charge is -2.24. The minimum atomic E-state index is -0.686. The van der Waals surface area contributed by atoms with Gasteiger partial charge in [0.05, 0.1) is 6.07 Å². The van der Waals surface area contributed by atoms with Gasteiger partial charge in [0, 0.05) is 5.92 Å². The van der Waals surface area contributed by atoms with Crippen LogP contribution in [-0.4, -0.2) is 11.7 Å². The highest BCUT2D eigenvalue weighted by molar-refractivity contribution is 5.65. The van der Waals surface area contributed by atoms with Crippen LogP contribution in [-0.2, 0) is 4.74 Å². The molecule has 0 spiro atoms. The highest BCUT2D eigenvalue weighted by Gasteiger charge is 2.49. The molecule has 0 radical (unpaired) electrons. The molecule has 0 aromatic carbocycles. The summed E-state index contributed by atoms with van der Waals surface area (Å²) < 4.78 is 5.16. The average molecular weight is 208 g/mol. The Labute approximate surface area is 89.4 Å². The maximum atomic E-state index is 10.7. The van der Waals surface area contributed by atoms with Crippen molar-refractivity contribution in [3.8, 4) is 6.07 Å². The second-order valence-electron chi connectivity index (χ2n) is 5.10. The van der Waals surface area contributed by atoms with E-state index in [4.69, 9.17) is 15.7 Å². The Morgan fingerprint density at radius 3 is 2.40 bits per heavy atom. The van der Waals surface area contributed by atoms with Gasteiger partial charge < -0.3 is 10.5 Å². The molecular weight excluding hydrogens is 192 g/mol. The van der Waals surface area contributed by atoms with Crippen molar-refractivity contribution in [2.45, 2.75) is 38.2 Å². The van der Waals surface area contributed by atoms with E-state index in [1.165, 1.54) is 0 Å². The summed E-state index contributed by atoms with van der Waals surface area (Å²) in [4.78, 5) is 10.7. The third kappa shape index (κ3) is 1.92. The molecule has 2 fully saturated rings. The lowest BCUT2D eigenvalue weighted by Crippen LogP contribution is -2.32. The Bertz CT molecular complexity index is 307. The number of fused-ring (bicyclic) bond motifs is 1. The summed E-state index contributed by atoms with van der Waals surface area (Å²) >= 11 is 0. The Morgan fingerprint density at radius 2 is 2.00 bits per heavy atom. The number of carbonyl (C=O) groups is 1. The molecule has 0 heterocycles. The number of nitriles is 1. The van der Waals surface area contributed by atoms with E-state index in [1.807, 2.05) is 6.92 Å². The standard InChI is InChI=1S/C11H16N2O2/c1-11(15-10(13)14)4-8-2-7(6-12)3-9(8)5-11/h7-9H,2-5H2,1H3,(H2,13,14)/t7?,8-,9+,11-. The maximum Gasteiger partial charge on any atom is 0.405 e. The van der Waals surface area contributed by atoms with Crippen molar-refractivity contribution < 1.29 is 9.53 Å². The number of hydrogen-bond acceptors (Lipinski definition) is 3. The molecule has 0 bridgehead atoms. The van der Waals surface area contributed by atoms with E-state index in [0.717, 1.165) is 25.7 Å². The summed E-state index contributed by atoms with van der Waals surface area (Å²) in [6, 6.07) is 2.33. The zero-order chi connectivity index (χ0) is 11.1. The molecule has 4 nitrogen and oxygen atoms in total. The molecule has 2 N–H and O–H groups in total. The van der Waals surface area contributed by atoms with Crippen molar-refractivity contribution >= 4 is 6.09 Å². The van der Waals surface area contributed by atoms with Gasteiger partial charge in [-0.05, 0) is 44.4 Å². The van der Waals surface area contributed by atoms with E-state index < -0.39 is 6.09 Å². The third-order valence-electron chi connectivity index (χ3n) is 3.76. The van der Waals surface area contributed by atoms with E-state index in [2.05, 4.69) is 6.07 Å². The van der Waals surface area contributed by atoms with Crippen molar-refractivity contribution in [2.75, 3.05) is 0 Å². The van der Waals surface area contributed by atoms with Crippen LogP contribution in [0.5, 0.6) is 0 Å². The molecule has 1 amide bonds. The molecule has 4 atom stereocenters. The van der Waals surface area contributed by atoms with Crippen LogP contribution >= 0.6 is 0 Å². The Morgan fingerprint density at radius 1 is 1.47 bits per heavy atom. The summed E-state index contributed by atoms with van der Waals surface area (Å²) in [5.74, 6) is 1.29. The fourth-order valence-electron chi connectivity index (χ4n) is 3.34. The lowest BCUT2D eigenvalue weighted by atomic mass is 9.97. The van der Waals surface area contributed by atoms with Crippen LogP contribution in [0.15, 0.2) is 0 Å². The number of carbonyl (C=O) groups excluding carboxylic acids is 1. The first-order chi connectivity index (χ1) is 7.02. The van der Waals surface area contributed by atoms with Gasteiger partial charge in [0.25, 0.3) is 0 Å². The summed E-state index contributed by atoms with van der Waals surface area (Å²) in [6.07, 6.45) is 2.95. The average Bonchev–Trinajstić information content (AvgIpc) is 2.56. The highest BCUT2D eigenvalue weighted by atomic mass is 16.6. The van der Waals surface area contributed by atoms with Gasteiger partial charge in [-0.2, -0.15) is 5.26 Å². The Balaban J connectivity index is 1.99. The fraction of sp³-hybridized carbons (Fsp3) is 0.818. The number of amides is 1. The second-order valence-corrected chi connectivity index (χ2v) is 5.10. The molecule has 0 aromatic heterocycles. The zero-order valence-electron chi connectivity index (χ0n) is 8.90. The highest BCUT2D eigenvalue weighted by Crippen LogP contribution is 2.51. The van der Waals surface area contributed by atoms with E-state index in [0.29, 0.717) is 11.8 Å². The summed E-state index contributed by atoms with van der Waals surface area (Å²) in [6.45, 7) is 1.94. The lowest BCUT2D eigenvalue weighted by molar-refractivity contribution is 0.0295. The molecule has 15 heavy (non-hydrogen) atoms. The summed E-state index contributed by atoms with van der Waals surface area (Å²) in [7, 11) is 0. The molecule has 2 saturated carbocycles. The molecule has 0 aliphatic heterocycles. The van der Waals surface area contributed by atoms with Crippen LogP contribution in [0.25, 0.3) is 0 Å². The van der Waals surface area contributed by atoms with Crippen molar-refractivity contribution in [1.82, 2.24) is 0 Å². The van der Waals surface area contributed by atoms with Gasteiger partial charge in [-0.3, -0.25) is 0 Å². The van der Waals surface area contributed by atoms with E-state index in [9.17, 15) is 4.79 Å². The number of rotatable bonds is 1. The minimum absolute atomic E-state index is 0.207. The number of nitrogens with zero attached hydrogens (tertiary/aromatic N) is 1. The maximum absolute atomic E-state index is 10.7. The van der Waals surface area contributed by atoms with Crippen LogP contribution in [0.3, 0.4) is 0 Å². The first kappa shape index (κ1) is 10.3. The topological polar surface area (TPSA) is 76.1 Å². The van der Waals surface area contributed by atoms with Crippen molar-refractivity contribution in [1.29, 1.82) is 5.26 Å². The minimum Gasteiger partial charge on any atom is -0.443 e. The van der Waals surface area contributed by atoms with Gasteiger partial charge in [0.2, 0.25) is 0 Å². The van der Waals surface area contributed by atoms with Gasteiger partial charge in [-0.1, -0.05) is 0 Å². The monoisotopic (exact) mass is 208 g/mol. The molecule has 2 aliphatic rings. The van der Waals surface area contributed by atoms with E-state index >= 15 is 0 Å². The largest absolute Gasteiger partial charge is 0.443 e. The fourth-order valence-corrected chi connectivity index (χ4v) is 3.34. The van der Waals surface area contributed by atoms with Gasteiger partial charge in [-0.15, -0.1) is 0 Å². The quantitative estimate of drug-likeness (QED) is 0.713. The van der Waals surface area contributed by atoms with Crippen LogP contribution < -0.4 is 5.73 Å². The molecular formula is C11H16N2O2. The summed E-state index contributed by atoms with van der Waals surface area (Å²) in [5, 5.41) is 8.84. The normalized spacial score (nSPS) is 43.3. The summed E-state index contributed by atoms with van der Waals surface area (Å²) in [5.41, 5.74) is 4.66. The SMILES string of the molecule is C[C@@]1(OC(N)=O)C[C@H]2CC(C#N)C[C@H]2C1. The van der Waals surface area contributed by atoms with Crippen molar-refractivity contribution in [3.63, 3.8) is 0 Å². The molecule has 82 valence electrons.